The summed E-state index contributed by atoms with van der Waals surface area (Å²) < 4.78 is 0. The van der Waals surface area contributed by atoms with E-state index in [-0.39, 0.29) is 48.4 Å². The second kappa shape index (κ2) is 5.70. The number of rotatable bonds is 2. The van der Waals surface area contributed by atoms with Gasteiger partial charge in [-0.25, -0.2) is 0 Å². The van der Waals surface area contributed by atoms with Gasteiger partial charge in [0.15, 0.2) is 5.78 Å². The van der Waals surface area contributed by atoms with E-state index >= 15 is 0 Å². The molecule has 0 atom stereocenters. The minimum Gasteiger partial charge on any atom is -0.396 e. The summed E-state index contributed by atoms with van der Waals surface area (Å²) in [6, 6.07) is 5.74. The maximum atomic E-state index is 12.4. The van der Waals surface area contributed by atoms with E-state index in [1.54, 1.807) is 0 Å². The molecule has 0 heterocycles. The average Bonchev–Trinajstić information content (AvgIpc) is 2.40. The fraction of sp³-hybridized carbons (Fsp3) is 0. The van der Waals surface area contributed by atoms with Gasteiger partial charge in [-0.15, -0.1) is 0 Å². The van der Waals surface area contributed by atoms with Crippen LogP contribution in [0.15, 0.2) is 24.3 Å². The first-order valence-corrected chi connectivity index (χ1v) is 6.86. The number of hydrogen-bond acceptors (Lipinski definition) is 3. The van der Waals surface area contributed by atoms with Crippen molar-refractivity contribution in [3.8, 4) is 0 Å². The quantitative estimate of drug-likeness (QED) is 0.610. The SMILES string of the molecule is Nc1c(Cl)cc(C(=O)c2cc(Cl)c(N)c(Cl)c2)cc1Cl. The lowest BCUT2D eigenvalue weighted by atomic mass is 10.0. The molecule has 0 aliphatic carbocycles. The predicted molar refractivity (Wildman–Crippen MR) is 85.2 cm³/mol. The van der Waals surface area contributed by atoms with Gasteiger partial charge in [-0.1, -0.05) is 46.4 Å². The summed E-state index contributed by atoms with van der Waals surface area (Å²) in [6.45, 7) is 0. The van der Waals surface area contributed by atoms with Gasteiger partial charge in [0.1, 0.15) is 0 Å². The van der Waals surface area contributed by atoms with Crippen LogP contribution in [0.1, 0.15) is 15.9 Å². The standard InChI is InChI=1S/C13H8Cl4N2O/c14-7-1-5(2-8(15)11(7)18)13(20)6-3-9(16)12(19)10(17)4-6/h1-4H,18-19H2. The summed E-state index contributed by atoms with van der Waals surface area (Å²) in [4.78, 5) is 12.4. The van der Waals surface area contributed by atoms with Crippen LogP contribution in [0.3, 0.4) is 0 Å². The lowest BCUT2D eigenvalue weighted by molar-refractivity contribution is 0.103. The van der Waals surface area contributed by atoms with Gasteiger partial charge in [0.05, 0.1) is 31.5 Å². The van der Waals surface area contributed by atoms with Crippen LogP contribution in [0, 0.1) is 0 Å². The summed E-state index contributed by atoms with van der Waals surface area (Å²) in [6.07, 6.45) is 0. The predicted octanol–water partition coefficient (Wildman–Crippen LogP) is 4.70. The lowest BCUT2D eigenvalue weighted by Crippen LogP contribution is -2.04. The van der Waals surface area contributed by atoms with Crippen molar-refractivity contribution in [1.82, 2.24) is 0 Å². The Hall–Kier alpha value is -1.13. The van der Waals surface area contributed by atoms with E-state index in [0.29, 0.717) is 0 Å². The number of carbonyl (C=O) groups is 1. The molecule has 0 spiro atoms. The fourth-order valence-corrected chi connectivity index (χ4v) is 2.57. The van der Waals surface area contributed by atoms with Crippen molar-refractivity contribution < 1.29 is 4.79 Å². The molecule has 0 saturated heterocycles. The Bertz CT molecular complexity index is 610. The van der Waals surface area contributed by atoms with E-state index in [9.17, 15) is 4.79 Å². The van der Waals surface area contributed by atoms with Crippen LogP contribution in [-0.2, 0) is 0 Å². The van der Waals surface area contributed by atoms with Crippen molar-refractivity contribution in [2.75, 3.05) is 11.5 Å². The third kappa shape index (κ3) is 2.81. The Labute approximate surface area is 135 Å². The van der Waals surface area contributed by atoms with Crippen LogP contribution in [-0.4, -0.2) is 5.78 Å². The van der Waals surface area contributed by atoms with Crippen LogP contribution in [0.2, 0.25) is 20.1 Å². The summed E-state index contributed by atoms with van der Waals surface area (Å²) in [7, 11) is 0. The van der Waals surface area contributed by atoms with Crippen molar-refractivity contribution in [2.45, 2.75) is 0 Å². The first-order valence-electron chi connectivity index (χ1n) is 5.35. The normalized spacial score (nSPS) is 10.6. The number of nitrogen functional groups attached to an aromatic ring is 2. The monoisotopic (exact) mass is 348 g/mol. The molecule has 0 amide bonds. The molecule has 2 rings (SSSR count). The molecule has 7 heteroatoms. The zero-order chi connectivity index (χ0) is 15.0. The molecule has 0 aliphatic rings. The molecule has 0 aliphatic heterocycles. The number of nitrogens with two attached hydrogens (primary N) is 2. The van der Waals surface area contributed by atoms with Gasteiger partial charge in [0.25, 0.3) is 0 Å². The molecule has 4 N–H and O–H groups in total. The van der Waals surface area contributed by atoms with E-state index in [4.69, 9.17) is 57.9 Å². The minimum atomic E-state index is -0.336. The topological polar surface area (TPSA) is 69.1 Å². The van der Waals surface area contributed by atoms with Crippen LogP contribution in [0.25, 0.3) is 0 Å². The van der Waals surface area contributed by atoms with Gasteiger partial charge < -0.3 is 11.5 Å². The van der Waals surface area contributed by atoms with Gasteiger partial charge in [-0.2, -0.15) is 0 Å². The van der Waals surface area contributed by atoms with Gasteiger partial charge in [-0.05, 0) is 24.3 Å². The van der Waals surface area contributed by atoms with Gasteiger partial charge in [0, 0.05) is 11.1 Å². The average molecular weight is 350 g/mol. The minimum absolute atomic E-state index is 0.202. The highest BCUT2D eigenvalue weighted by Gasteiger charge is 2.16. The Morgan fingerprint density at radius 2 is 0.950 bits per heavy atom. The lowest BCUT2D eigenvalue weighted by Gasteiger charge is -2.08. The molecule has 104 valence electrons. The van der Waals surface area contributed by atoms with Gasteiger partial charge >= 0.3 is 0 Å². The first kappa shape index (κ1) is 15.3. The number of ketones is 1. The first-order chi connectivity index (χ1) is 9.31. The second-order valence-corrected chi connectivity index (χ2v) is 5.67. The molecule has 0 unspecified atom stereocenters. The van der Waals surface area contributed by atoms with E-state index in [1.807, 2.05) is 0 Å². The second-order valence-electron chi connectivity index (χ2n) is 4.04. The molecule has 0 fully saturated rings. The summed E-state index contributed by atoms with van der Waals surface area (Å²) >= 11 is 23.6. The molecule has 2 aromatic carbocycles. The van der Waals surface area contributed by atoms with Crippen molar-refractivity contribution in [3.05, 3.63) is 55.5 Å². The molecule has 0 radical (unpaired) electrons. The number of benzene rings is 2. The summed E-state index contributed by atoms with van der Waals surface area (Å²) in [5.41, 5.74) is 12.3. The molecule has 0 saturated carbocycles. The molecule has 2 aromatic rings. The third-order valence-corrected chi connectivity index (χ3v) is 3.93. The number of anilines is 2. The van der Waals surface area contributed by atoms with E-state index in [1.165, 1.54) is 24.3 Å². The highest BCUT2D eigenvalue weighted by molar-refractivity contribution is 6.40. The van der Waals surface area contributed by atoms with E-state index < -0.39 is 0 Å². The smallest absolute Gasteiger partial charge is 0.193 e. The molecule has 0 bridgehead atoms. The molecule has 0 aromatic heterocycles. The zero-order valence-corrected chi connectivity index (χ0v) is 12.9. The Balaban J connectivity index is 2.52. The number of hydrogen-bond donors (Lipinski definition) is 2. The van der Waals surface area contributed by atoms with Crippen LogP contribution in [0.4, 0.5) is 11.4 Å². The highest BCUT2D eigenvalue weighted by Crippen LogP contribution is 2.32. The summed E-state index contributed by atoms with van der Waals surface area (Å²) in [5, 5.41) is 0.809. The Morgan fingerprint density at radius 1 is 0.700 bits per heavy atom. The zero-order valence-electron chi connectivity index (χ0n) is 9.88. The summed E-state index contributed by atoms with van der Waals surface area (Å²) in [5.74, 6) is -0.336. The van der Waals surface area contributed by atoms with Crippen LogP contribution in [0.5, 0.6) is 0 Å². The van der Waals surface area contributed by atoms with Crippen LogP contribution >= 0.6 is 46.4 Å². The maximum absolute atomic E-state index is 12.4. The van der Waals surface area contributed by atoms with Gasteiger partial charge in [0.2, 0.25) is 0 Å². The maximum Gasteiger partial charge on any atom is 0.193 e. The van der Waals surface area contributed by atoms with Gasteiger partial charge in [-0.3, -0.25) is 4.79 Å². The number of carbonyl (C=O) groups excluding carboxylic acids is 1. The van der Waals surface area contributed by atoms with Crippen LogP contribution < -0.4 is 11.5 Å². The molecule has 3 nitrogen and oxygen atoms in total. The van der Waals surface area contributed by atoms with Crippen molar-refractivity contribution >= 4 is 63.6 Å². The largest absolute Gasteiger partial charge is 0.396 e. The molecule has 20 heavy (non-hydrogen) atoms. The van der Waals surface area contributed by atoms with E-state index in [0.717, 1.165) is 0 Å². The Morgan fingerprint density at radius 3 is 1.20 bits per heavy atom. The Kier molecular flexibility index (Phi) is 4.35. The van der Waals surface area contributed by atoms with Crippen molar-refractivity contribution in [1.29, 1.82) is 0 Å². The molecular weight excluding hydrogens is 342 g/mol. The van der Waals surface area contributed by atoms with Crippen molar-refractivity contribution in [2.24, 2.45) is 0 Å². The van der Waals surface area contributed by atoms with Crippen molar-refractivity contribution in [3.63, 3.8) is 0 Å². The highest BCUT2D eigenvalue weighted by atomic mass is 35.5. The fourth-order valence-electron chi connectivity index (χ4n) is 1.60. The number of halogens is 4. The van der Waals surface area contributed by atoms with E-state index in [2.05, 4.69) is 0 Å². The third-order valence-electron chi connectivity index (χ3n) is 2.68. The molecular formula is C13H8Cl4N2O.